The summed E-state index contributed by atoms with van der Waals surface area (Å²) in [7, 11) is 1.45. The zero-order valence-electron chi connectivity index (χ0n) is 15.2. The Morgan fingerprint density at radius 3 is 2.46 bits per heavy atom. The van der Waals surface area contributed by atoms with E-state index in [1.807, 2.05) is 13.8 Å². The van der Waals surface area contributed by atoms with E-state index in [1.54, 1.807) is 19.1 Å². The van der Waals surface area contributed by atoms with Gasteiger partial charge in [0.2, 0.25) is 0 Å². The van der Waals surface area contributed by atoms with Crippen LogP contribution in [0.4, 0.5) is 10.5 Å². The number of carbonyl (C=O) groups is 3. The minimum Gasteiger partial charge on any atom is -0.495 e. The number of amides is 3. The molecule has 1 rings (SSSR count). The van der Waals surface area contributed by atoms with Crippen molar-refractivity contribution >= 4 is 35.2 Å². The fourth-order valence-electron chi connectivity index (χ4n) is 2.21. The topological polar surface area (TPSA) is 120 Å². The van der Waals surface area contributed by atoms with Crippen LogP contribution in [0.25, 0.3) is 0 Å². The molecule has 0 heterocycles. The molecule has 0 radical (unpaired) electrons. The molecule has 26 heavy (non-hydrogen) atoms. The summed E-state index contributed by atoms with van der Waals surface area (Å²) in [6.07, 6.45) is 0.341. The first-order chi connectivity index (χ1) is 12.1. The number of benzene rings is 1. The van der Waals surface area contributed by atoms with Gasteiger partial charge in [-0.15, -0.1) is 0 Å². The minimum absolute atomic E-state index is 0.120. The first kappa shape index (κ1) is 21.6. The third-order valence-electron chi connectivity index (χ3n) is 3.41. The number of aryl methyl sites for hydroxylation is 1. The van der Waals surface area contributed by atoms with Crippen LogP contribution in [0.2, 0.25) is 5.02 Å². The van der Waals surface area contributed by atoms with Gasteiger partial charge in [-0.05, 0) is 30.9 Å². The first-order valence-corrected chi connectivity index (χ1v) is 8.38. The minimum atomic E-state index is -0.910. The van der Waals surface area contributed by atoms with E-state index >= 15 is 0 Å². The molecule has 9 heteroatoms. The highest BCUT2D eigenvalue weighted by molar-refractivity contribution is 6.31. The number of nitrogens with one attached hydrogen (secondary N) is 2. The van der Waals surface area contributed by atoms with Crippen LogP contribution in [0.3, 0.4) is 0 Å². The molecule has 1 aromatic carbocycles. The van der Waals surface area contributed by atoms with Gasteiger partial charge in [0.05, 0.1) is 12.8 Å². The predicted octanol–water partition coefficient (Wildman–Crippen LogP) is 2.22. The molecule has 1 aromatic rings. The summed E-state index contributed by atoms with van der Waals surface area (Å²) in [6, 6.07) is 1.48. The molecular formula is C17H24ClN3O5. The van der Waals surface area contributed by atoms with E-state index in [1.165, 1.54) is 7.11 Å². The van der Waals surface area contributed by atoms with Gasteiger partial charge >= 0.3 is 12.0 Å². The van der Waals surface area contributed by atoms with Crippen molar-refractivity contribution in [1.82, 2.24) is 5.32 Å². The molecule has 0 fully saturated rings. The zero-order valence-corrected chi connectivity index (χ0v) is 16.0. The van der Waals surface area contributed by atoms with Crippen LogP contribution in [0.5, 0.6) is 5.75 Å². The first-order valence-electron chi connectivity index (χ1n) is 8.00. The molecule has 8 nitrogen and oxygen atoms in total. The fraction of sp³-hybridized carbons (Fsp3) is 0.471. The molecule has 0 aliphatic heterocycles. The van der Waals surface area contributed by atoms with Gasteiger partial charge in [-0.3, -0.25) is 4.79 Å². The van der Waals surface area contributed by atoms with Gasteiger partial charge in [-0.2, -0.15) is 0 Å². The quantitative estimate of drug-likeness (QED) is 0.592. The lowest BCUT2D eigenvalue weighted by Gasteiger charge is -2.18. The van der Waals surface area contributed by atoms with E-state index in [-0.39, 0.29) is 5.92 Å². The highest BCUT2D eigenvalue weighted by Crippen LogP contribution is 2.30. The Labute approximate surface area is 157 Å². The Kier molecular flexibility index (Phi) is 8.18. The number of esters is 1. The summed E-state index contributed by atoms with van der Waals surface area (Å²) in [5.41, 5.74) is 6.22. The molecule has 0 aliphatic carbocycles. The average Bonchev–Trinajstić information content (AvgIpc) is 2.54. The predicted molar refractivity (Wildman–Crippen MR) is 98.3 cm³/mol. The van der Waals surface area contributed by atoms with Gasteiger partial charge < -0.3 is 25.8 Å². The van der Waals surface area contributed by atoms with Crippen molar-refractivity contribution in [3.8, 4) is 5.75 Å². The summed E-state index contributed by atoms with van der Waals surface area (Å²) in [5, 5.41) is 5.41. The van der Waals surface area contributed by atoms with Crippen LogP contribution in [-0.4, -0.2) is 37.7 Å². The van der Waals surface area contributed by atoms with E-state index in [0.717, 1.165) is 5.56 Å². The molecule has 0 saturated heterocycles. The van der Waals surface area contributed by atoms with Crippen molar-refractivity contribution in [3.05, 3.63) is 22.7 Å². The Bertz CT molecular complexity index is 679. The van der Waals surface area contributed by atoms with Crippen molar-refractivity contribution in [2.75, 3.05) is 19.0 Å². The van der Waals surface area contributed by atoms with Crippen molar-refractivity contribution < 1.29 is 23.9 Å². The SMILES string of the molecule is COc1cc(Cl)c(C)cc1NC(=O)COC(=O)[C@H](CC(C)C)NC(N)=O. The molecule has 0 spiro atoms. The summed E-state index contributed by atoms with van der Waals surface area (Å²) >= 11 is 6.01. The lowest BCUT2D eigenvalue weighted by atomic mass is 10.0. The third kappa shape index (κ3) is 6.79. The van der Waals surface area contributed by atoms with Gasteiger partial charge in [-0.25, -0.2) is 9.59 Å². The maximum absolute atomic E-state index is 12.1. The highest BCUT2D eigenvalue weighted by Gasteiger charge is 2.23. The Hall–Kier alpha value is -2.48. The van der Waals surface area contributed by atoms with Crippen molar-refractivity contribution in [2.45, 2.75) is 33.2 Å². The number of anilines is 1. The zero-order chi connectivity index (χ0) is 19.9. The van der Waals surface area contributed by atoms with Crippen LogP contribution in [-0.2, 0) is 14.3 Å². The number of hydrogen-bond acceptors (Lipinski definition) is 5. The Balaban J connectivity index is 2.69. The van der Waals surface area contributed by atoms with Gasteiger partial charge in [-0.1, -0.05) is 25.4 Å². The number of primary amides is 1. The van der Waals surface area contributed by atoms with Gasteiger partial charge in [0.25, 0.3) is 5.91 Å². The average molecular weight is 386 g/mol. The fourth-order valence-corrected chi connectivity index (χ4v) is 2.36. The third-order valence-corrected chi connectivity index (χ3v) is 3.82. The molecule has 3 amide bonds. The van der Waals surface area contributed by atoms with Crippen molar-refractivity contribution in [1.29, 1.82) is 0 Å². The molecule has 144 valence electrons. The van der Waals surface area contributed by atoms with Crippen LogP contribution >= 0.6 is 11.6 Å². The summed E-state index contributed by atoms with van der Waals surface area (Å²) in [4.78, 5) is 35.1. The number of ether oxygens (including phenoxy) is 2. The maximum Gasteiger partial charge on any atom is 0.329 e. The number of carbonyl (C=O) groups excluding carboxylic acids is 3. The van der Waals surface area contributed by atoms with Crippen LogP contribution in [0.1, 0.15) is 25.8 Å². The van der Waals surface area contributed by atoms with E-state index in [4.69, 9.17) is 26.8 Å². The Morgan fingerprint density at radius 2 is 1.92 bits per heavy atom. The maximum atomic E-state index is 12.1. The Morgan fingerprint density at radius 1 is 1.27 bits per heavy atom. The molecular weight excluding hydrogens is 362 g/mol. The molecule has 0 unspecified atom stereocenters. The number of hydrogen-bond donors (Lipinski definition) is 3. The highest BCUT2D eigenvalue weighted by atomic mass is 35.5. The summed E-state index contributed by atoms with van der Waals surface area (Å²) in [6.45, 7) is 5.03. The second kappa shape index (κ2) is 9.86. The number of halogens is 1. The van der Waals surface area contributed by atoms with E-state index in [2.05, 4.69) is 10.6 Å². The largest absolute Gasteiger partial charge is 0.495 e. The van der Waals surface area contributed by atoms with Crippen LogP contribution < -0.4 is 21.1 Å². The second-order valence-corrected chi connectivity index (χ2v) is 6.56. The van der Waals surface area contributed by atoms with Gasteiger partial charge in [0.1, 0.15) is 11.8 Å². The number of urea groups is 1. The second-order valence-electron chi connectivity index (χ2n) is 6.15. The normalized spacial score (nSPS) is 11.6. The lowest BCUT2D eigenvalue weighted by Crippen LogP contribution is -2.45. The molecule has 0 saturated carbocycles. The standard InChI is InChI=1S/C17H24ClN3O5/c1-9(2)5-13(21-17(19)24)16(23)26-8-15(22)20-12-6-10(3)11(18)7-14(12)25-4/h6-7,9,13H,5,8H2,1-4H3,(H,20,22)(H3,19,21,24)/t13-/m0/s1. The van der Waals surface area contributed by atoms with Crippen molar-refractivity contribution in [2.24, 2.45) is 11.7 Å². The monoisotopic (exact) mass is 385 g/mol. The van der Waals surface area contributed by atoms with Crippen LogP contribution in [0, 0.1) is 12.8 Å². The number of methoxy groups -OCH3 is 1. The summed E-state index contributed by atoms with van der Waals surface area (Å²) in [5.74, 6) is -0.782. The van der Waals surface area contributed by atoms with Crippen molar-refractivity contribution in [3.63, 3.8) is 0 Å². The molecule has 4 N–H and O–H groups in total. The van der Waals surface area contributed by atoms with E-state index in [0.29, 0.717) is 22.9 Å². The van der Waals surface area contributed by atoms with E-state index in [9.17, 15) is 14.4 Å². The molecule has 0 aromatic heterocycles. The molecule has 1 atom stereocenters. The van der Waals surface area contributed by atoms with Gasteiger partial charge in [0, 0.05) is 11.1 Å². The smallest absolute Gasteiger partial charge is 0.329 e. The number of rotatable bonds is 8. The molecule has 0 bridgehead atoms. The molecule has 0 aliphatic rings. The number of nitrogens with two attached hydrogens (primary N) is 1. The van der Waals surface area contributed by atoms with Gasteiger partial charge in [0.15, 0.2) is 6.61 Å². The van der Waals surface area contributed by atoms with E-state index < -0.39 is 30.6 Å². The summed E-state index contributed by atoms with van der Waals surface area (Å²) < 4.78 is 10.1. The lowest BCUT2D eigenvalue weighted by molar-refractivity contribution is -0.149. The van der Waals surface area contributed by atoms with Crippen LogP contribution in [0.15, 0.2) is 12.1 Å².